The van der Waals surface area contributed by atoms with Crippen molar-refractivity contribution in [1.82, 2.24) is 10.3 Å². The van der Waals surface area contributed by atoms with Crippen molar-refractivity contribution in [3.05, 3.63) is 27.4 Å². The molecule has 6 nitrogen and oxygen atoms in total. The van der Waals surface area contributed by atoms with Crippen molar-refractivity contribution >= 4 is 23.1 Å². The average molecular weight is 299 g/mol. The van der Waals surface area contributed by atoms with Crippen LogP contribution in [0.3, 0.4) is 0 Å². The molecule has 1 aliphatic heterocycles. The van der Waals surface area contributed by atoms with Crippen molar-refractivity contribution in [3.63, 3.8) is 0 Å². The molecule has 1 unspecified atom stereocenters. The third-order valence-corrected chi connectivity index (χ3v) is 3.83. The Balaban J connectivity index is 2.12. The molecule has 0 radical (unpaired) electrons. The van der Waals surface area contributed by atoms with Crippen LogP contribution in [0.2, 0.25) is 5.02 Å². The molecule has 0 saturated carbocycles. The number of rotatable bonds is 5. The van der Waals surface area contributed by atoms with Gasteiger partial charge in [0, 0.05) is 25.2 Å². The summed E-state index contributed by atoms with van der Waals surface area (Å²) in [4.78, 5) is 16.4. The summed E-state index contributed by atoms with van der Waals surface area (Å²) in [6.45, 7) is 4.66. The highest BCUT2D eigenvalue weighted by Gasteiger charge is 2.20. The van der Waals surface area contributed by atoms with Crippen molar-refractivity contribution in [2.45, 2.75) is 32.2 Å². The maximum absolute atomic E-state index is 10.7. The highest BCUT2D eigenvalue weighted by atomic mass is 35.5. The van der Waals surface area contributed by atoms with Gasteiger partial charge >= 0.3 is 0 Å². The molecule has 1 N–H and O–H groups in total. The van der Waals surface area contributed by atoms with Gasteiger partial charge in [-0.1, -0.05) is 18.0 Å². The van der Waals surface area contributed by atoms with Gasteiger partial charge in [0.05, 0.1) is 9.95 Å². The first-order valence-corrected chi connectivity index (χ1v) is 7.28. The minimum absolute atomic E-state index is 0.0782. The molecule has 1 aromatic rings. The molecule has 1 fully saturated rings. The molecular formula is C13H19ClN4O2. The number of nitrogens with one attached hydrogen (secondary N) is 1. The van der Waals surface area contributed by atoms with Crippen LogP contribution in [-0.4, -0.2) is 35.6 Å². The molecule has 2 heterocycles. The van der Waals surface area contributed by atoms with E-state index in [4.69, 9.17) is 11.6 Å². The first-order valence-electron chi connectivity index (χ1n) is 6.90. The Bertz CT molecular complexity index is 477. The molecule has 110 valence electrons. The predicted molar refractivity (Wildman–Crippen MR) is 79.4 cm³/mol. The lowest BCUT2D eigenvalue weighted by molar-refractivity contribution is -0.385. The van der Waals surface area contributed by atoms with Crippen molar-refractivity contribution in [3.8, 4) is 0 Å². The van der Waals surface area contributed by atoms with E-state index in [9.17, 15) is 10.1 Å². The number of nitro groups is 1. The van der Waals surface area contributed by atoms with Gasteiger partial charge in [-0.3, -0.25) is 10.1 Å². The number of halogens is 1. The molecule has 1 aliphatic rings. The number of anilines is 1. The summed E-state index contributed by atoms with van der Waals surface area (Å²) in [5.41, 5.74) is -0.0782. The van der Waals surface area contributed by atoms with Crippen LogP contribution in [0.1, 0.15) is 26.2 Å². The Morgan fingerprint density at radius 1 is 1.60 bits per heavy atom. The van der Waals surface area contributed by atoms with E-state index in [1.807, 2.05) is 6.92 Å². The smallest absolute Gasteiger partial charge is 0.289 e. The lowest BCUT2D eigenvalue weighted by Crippen LogP contribution is -2.44. The van der Waals surface area contributed by atoms with E-state index >= 15 is 0 Å². The monoisotopic (exact) mass is 298 g/mol. The second-order valence-corrected chi connectivity index (χ2v) is 5.35. The minimum atomic E-state index is -0.484. The van der Waals surface area contributed by atoms with E-state index in [0.29, 0.717) is 16.9 Å². The zero-order valence-electron chi connectivity index (χ0n) is 11.5. The van der Waals surface area contributed by atoms with Crippen LogP contribution in [0.5, 0.6) is 0 Å². The second-order valence-electron chi connectivity index (χ2n) is 4.94. The molecule has 7 heteroatoms. The summed E-state index contributed by atoms with van der Waals surface area (Å²) >= 11 is 6.14. The number of aromatic nitrogens is 1. The fraction of sp³-hybridized carbons (Fsp3) is 0.615. The van der Waals surface area contributed by atoms with Crippen LogP contribution < -0.4 is 10.2 Å². The molecule has 1 atom stereocenters. The maximum atomic E-state index is 10.7. The van der Waals surface area contributed by atoms with Crippen molar-refractivity contribution < 1.29 is 4.92 Å². The Hall–Kier alpha value is -1.40. The highest BCUT2D eigenvalue weighted by molar-refractivity contribution is 6.33. The van der Waals surface area contributed by atoms with E-state index in [1.165, 1.54) is 25.1 Å². The van der Waals surface area contributed by atoms with Crippen molar-refractivity contribution in [2.75, 3.05) is 24.5 Å². The van der Waals surface area contributed by atoms with E-state index in [-0.39, 0.29) is 5.69 Å². The Morgan fingerprint density at radius 3 is 2.95 bits per heavy atom. The lowest BCUT2D eigenvalue weighted by atomic mass is 10.0. The van der Waals surface area contributed by atoms with Crippen LogP contribution >= 0.6 is 11.6 Å². The largest absolute Gasteiger partial charge is 0.354 e. The molecule has 1 saturated heterocycles. The normalized spacial score (nSPS) is 18.8. The summed E-state index contributed by atoms with van der Waals surface area (Å²) in [5.74, 6) is 0.618. The zero-order chi connectivity index (χ0) is 14.5. The summed E-state index contributed by atoms with van der Waals surface area (Å²) < 4.78 is 0. The summed E-state index contributed by atoms with van der Waals surface area (Å²) in [6, 6.07) is 1.79. The number of hydrogen-bond acceptors (Lipinski definition) is 5. The van der Waals surface area contributed by atoms with Crippen LogP contribution in [0.4, 0.5) is 11.5 Å². The molecule has 0 spiro atoms. The average Bonchev–Trinajstić information content (AvgIpc) is 2.46. The third kappa shape index (κ3) is 3.58. The number of likely N-dealkylation sites (N-methyl/N-ethyl adjacent to an activating group) is 1. The third-order valence-electron chi connectivity index (χ3n) is 3.55. The van der Waals surface area contributed by atoms with E-state index < -0.39 is 4.92 Å². The van der Waals surface area contributed by atoms with Gasteiger partial charge in [0.15, 0.2) is 0 Å². The number of piperidine rings is 1. The fourth-order valence-electron chi connectivity index (χ4n) is 2.46. The molecule has 0 aromatic carbocycles. The molecule has 0 aliphatic carbocycles. The Kier molecular flexibility index (Phi) is 5.14. The number of nitrogens with zero attached hydrogens (tertiary/aromatic N) is 3. The van der Waals surface area contributed by atoms with E-state index in [1.54, 1.807) is 0 Å². The van der Waals surface area contributed by atoms with Gasteiger partial charge in [-0.25, -0.2) is 4.98 Å². The minimum Gasteiger partial charge on any atom is -0.354 e. The van der Waals surface area contributed by atoms with Gasteiger partial charge in [0.2, 0.25) is 0 Å². The Labute approximate surface area is 123 Å². The van der Waals surface area contributed by atoms with E-state index in [2.05, 4.69) is 15.2 Å². The number of hydrogen-bond donors (Lipinski definition) is 1. The quantitative estimate of drug-likeness (QED) is 0.668. The van der Waals surface area contributed by atoms with Gasteiger partial charge in [-0.05, 0) is 26.3 Å². The van der Waals surface area contributed by atoms with Gasteiger partial charge in [0.1, 0.15) is 12.0 Å². The van der Waals surface area contributed by atoms with Crippen molar-refractivity contribution in [2.24, 2.45) is 0 Å². The van der Waals surface area contributed by atoms with Gasteiger partial charge in [-0.2, -0.15) is 0 Å². The SMILES string of the molecule is CCN(CC1CCCCN1)c1ncc([N+](=O)[O-])cc1Cl. The highest BCUT2D eigenvalue weighted by Crippen LogP contribution is 2.27. The van der Waals surface area contributed by atoms with Crippen LogP contribution in [-0.2, 0) is 0 Å². The molecule has 2 rings (SSSR count). The van der Waals surface area contributed by atoms with Gasteiger partial charge < -0.3 is 10.2 Å². The summed E-state index contributed by atoms with van der Waals surface area (Å²) in [6.07, 6.45) is 4.86. The topological polar surface area (TPSA) is 71.3 Å². The fourth-order valence-corrected chi connectivity index (χ4v) is 2.74. The standard InChI is InChI=1S/C13H19ClN4O2/c1-2-17(9-10-5-3-4-6-15-10)13-12(14)7-11(8-16-13)18(19)20/h7-8,10,15H,2-6,9H2,1H3. The second kappa shape index (κ2) is 6.85. The molecule has 0 amide bonds. The Morgan fingerprint density at radius 2 is 2.40 bits per heavy atom. The van der Waals surface area contributed by atoms with Gasteiger partial charge in [0.25, 0.3) is 5.69 Å². The summed E-state index contributed by atoms with van der Waals surface area (Å²) in [7, 11) is 0. The van der Waals surface area contributed by atoms with Crippen LogP contribution in [0, 0.1) is 10.1 Å². The first-order chi connectivity index (χ1) is 9.61. The summed E-state index contributed by atoms with van der Waals surface area (Å²) in [5, 5.41) is 14.5. The van der Waals surface area contributed by atoms with Gasteiger partial charge in [-0.15, -0.1) is 0 Å². The molecular weight excluding hydrogens is 280 g/mol. The van der Waals surface area contributed by atoms with E-state index in [0.717, 1.165) is 26.1 Å². The van der Waals surface area contributed by atoms with Crippen LogP contribution in [0.15, 0.2) is 12.3 Å². The first kappa shape index (κ1) is 15.0. The molecule has 1 aromatic heterocycles. The molecule has 20 heavy (non-hydrogen) atoms. The number of pyridine rings is 1. The predicted octanol–water partition coefficient (Wildman–Crippen LogP) is 2.61. The van der Waals surface area contributed by atoms with Crippen LogP contribution in [0.25, 0.3) is 0 Å². The maximum Gasteiger partial charge on any atom is 0.289 e. The zero-order valence-corrected chi connectivity index (χ0v) is 12.3. The lowest BCUT2D eigenvalue weighted by Gasteiger charge is -2.31. The van der Waals surface area contributed by atoms with Crippen molar-refractivity contribution in [1.29, 1.82) is 0 Å². The molecule has 0 bridgehead atoms.